The Kier molecular flexibility index (Phi) is 8.59. The number of benzene rings is 4. The van der Waals surface area contributed by atoms with Crippen LogP contribution in [0.4, 0.5) is 11.4 Å². The van der Waals surface area contributed by atoms with Crippen LogP contribution in [0, 0.1) is 0 Å². The number of nitrogens with one attached hydrogen (secondary N) is 2. The smallest absolute Gasteiger partial charge is 0.263 e. The van der Waals surface area contributed by atoms with Crippen LogP contribution < -0.4 is 9.44 Å². The monoisotopic (exact) mass is 676 g/mol. The SMILES string of the molecule is Cn1ncc2cc(NS(=O)(=O)c3cccc(Cl)c3Cl)ccc21.Cn1ncc2cc(NS(=O)(=O)c3ccccc3Cl)ccc21. The summed E-state index contributed by atoms with van der Waals surface area (Å²) in [7, 11) is -3.89. The van der Waals surface area contributed by atoms with Gasteiger partial charge in [0.1, 0.15) is 9.79 Å². The molecule has 0 spiro atoms. The Morgan fingerprint density at radius 3 is 1.60 bits per heavy atom. The zero-order chi connectivity index (χ0) is 30.9. The van der Waals surface area contributed by atoms with Crippen molar-refractivity contribution in [2.24, 2.45) is 14.1 Å². The van der Waals surface area contributed by atoms with Crippen molar-refractivity contribution in [3.05, 3.63) is 106 Å². The minimum atomic E-state index is -3.82. The maximum Gasteiger partial charge on any atom is 0.263 e. The van der Waals surface area contributed by atoms with E-state index in [2.05, 4.69) is 19.6 Å². The number of anilines is 2. The number of sulfonamides is 2. The van der Waals surface area contributed by atoms with Gasteiger partial charge in [-0.1, -0.05) is 53.0 Å². The van der Waals surface area contributed by atoms with Crippen molar-refractivity contribution in [3.8, 4) is 0 Å². The van der Waals surface area contributed by atoms with E-state index in [4.69, 9.17) is 34.8 Å². The molecular weight excluding hydrogens is 655 g/mol. The zero-order valence-corrected chi connectivity index (χ0v) is 26.4. The van der Waals surface area contributed by atoms with E-state index in [1.165, 1.54) is 24.3 Å². The van der Waals surface area contributed by atoms with E-state index in [1.807, 2.05) is 20.2 Å². The average Bonchev–Trinajstić information content (AvgIpc) is 3.51. The number of halogens is 3. The molecule has 2 N–H and O–H groups in total. The van der Waals surface area contributed by atoms with Crippen LogP contribution in [-0.4, -0.2) is 36.4 Å². The Morgan fingerprint density at radius 1 is 0.605 bits per heavy atom. The van der Waals surface area contributed by atoms with Crippen molar-refractivity contribution in [1.29, 1.82) is 0 Å². The summed E-state index contributed by atoms with van der Waals surface area (Å²) in [5.41, 5.74) is 2.73. The van der Waals surface area contributed by atoms with E-state index in [9.17, 15) is 16.8 Å². The normalized spacial score (nSPS) is 11.7. The molecule has 15 heteroatoms. The minimum absolute atomic E-state index is 0.000812. The van der Waals surface area contributed by atoms with Gasteiger partial charge >= 0.3 is 0 Å². The lowest BCUT2D eigenvalue weighted by Crippen LogP contribution is -2.13. The van der Waals surface area contributed by atoms with Crippen LogP contribution in [0.5, 0.6) is 0 Å². The lowest BCUT2D eigenvalue weighted by molar-refractivity contribution is 0.599. The molecule has 0 bridgehead atoms. The van der Waals surface area contributed by atoms with Gasteiger partial charge in [-0.3, -0.25) is 18.8 Å². The number of nitrogens with zero attached hydrogens (tertiary/aromatic N) is 4. The highest BCUT2D eigenvalue weighted by Crippen LogP contribution is 2.31. The highest BCUT2D eigenvalue weighted by molar-refractivity contribution is 7.93. The van der Waals surface area contributed by atoms with Gasteiger partial charge in [0, 0.05) is 36.2 Å². The maximum atomic E-state index is 12.4. The largest absolute Gasteiger partial charge is 0.280 e. The maximum absolute atomic E-state index is 12.4. The van der Waals surface area contributed by atoms with Crippen LogP contribution in [0.3, 0.4) is 0 Å². The summed E-state index contributed by atoms with van der Waals surface area (Å²) in [6.07, 6.45) is 3.35. The lowest BCUT2D eigenvalue weighted by Gasteiger charge is -2.10. The molecule has 0 fully saturated rings. The van der Waals surface area contributed by atoms with E-state index < -0.39 is 20.0 Å². The Labute approximate surface area is 262 Å². The molecule has 0 aliphatic rings. The molecule has 0 saturated carbocycles. The van der Waals surface area contributed by atoms with Crippen molar-refractivity contribution in [3.63, 3.8) is 0 Å². The van der Waals surface area contributed by atoms with Crippen LogP contribution in [0.25, 0.3) is 21.8 Å². The van der Waals surface area contributed by atoms with Gasteiger partial charge in [0.25, 0.3) is 20.0 Å². The molecular formula is C28H23Cl3N6O4S2. The first-order valence-corrected chi connectivity index (χ1v) is 16.5. The van der Waals surface area contributed by atoms with Gasteiger partial charge in [-0.2, -0.15) is 10.2 Å². The van der Waals surface area contributed by atoms with Crippen molar-refractivity contribution in [2.45, 2.75) is 9.79 Å². The fourth-order valence-electron chi connectivity index (χ4n) is 4.23. The van der Waals surface area contributed by atoms with Gasteiger partial charge in [-0.15, -0.1) is 0 Å². The topological polar surface area (TPSA) is 128 Å². The molecule has 6 rings (SSSR count). The van der Waals surface area contributed by atoms with E-state index in [0.29, 0.717) is 11.4 Å². The fourth-order valence-corrected chi connectivity index (χ4v) is 7.61. The molecule has 222 valence electrons. The summed E-state index contributed by atoms with van der Waals surface area (Å²) in [5, 5.41) is 10.3. The first-order valence-electron chi connectivity index (χ1n) is 12.4. The predicted octanol–water partition coefficient (Wildman–Crippen LogP) is 6.71. The molecule has 4 aromatic carbocycles. The van der Waals surface area contributed by atoms with E-state index in [0.717, 1.165) is 21.8 Å². The number of aryl methyl sites for hydroxylation is 2. The molecule has 0 amide bonds. The first kappa shape index (κ1) is 30.6. The predicted molar refractivity (Wildman–Crippen MR) is 171 cm³/mol. The summed E-state index contributed by atoms with van der Waals surface area (Å²) < 4.78 is 58.0. The average molecular weight is 678 g/mol. The summed E-state index contributed by atoms with van der Waals surface area (Å²) >= 11 is 17.8. The molecule has 0 unspecified atom stereocenters. The van der Waals surface area contributed by atoms with Crippen molar-refractivity contribution in [2.75, 3.05) is 9.44 Å². The van der Waals surface area contributed by atoms with Gasteiger partial charge < -0.3 is 0 Å². The highest BCUT2D eigenvalue weighted by atomic mass is 35.5. The third-order valence-corrected chi connectivity index (χ3v) is 10.6. The Morgan fingerprint density at radius 2 is 1.07 bits per heavy atom. The molecule has 43 heavy (non-hydrogen) atoms. The number of rotatable bonds is 6. The van der Waals surface area contributed by atoms with Gasteiger partial charge in [0.05, 0.1) is 38.5 Å². The molecule has 10 nitrogen and oxygen atoms in total. The van der Waals surface area contributed by atoms with Crippen molar-refractivity contribution in [1.82, 2.24) is 19.6 Å². The third kappa shape index (κ3) is 6.58. The summed E-state index contributed by atoms with van der Waals surface area (Å²) in [6.45, 7) is 0. The van der Waals surface area contributed by atoms with Crippen molar-refractivity contribution >= 4 is 88.0 Å². The Hall–Kier alpha value is -3.81. The second-order valence-corrected chi connectivity index (χ2v) is 13.8. The third-order valence-electron chi connectivity index (χ3n) is 6.33. The summed E-state index contributed by atoms with van der Waals surface area (Å²) in [4.78, 5) is -0.00843. The molecule has 0 aliphatic heterocycles. The zero-order valence-electron chi connectivity index (χ0n) is 22.5. The Bertz CT molecular complexity index is 2200. The van der Waals surface area contributed by atoms with Gasteiger partial charge in [0.15, 0.2) is 0 Å². The Balaban J connectivity index is 0.000000171. The summed E-state index contributed by atoms with van der Waals surface area (Å²) in [5.74, 6) is 0. The number of aromatic nitrogens is 4. The molecule has 0 radical (unpaired) electrons. The van der Waals surface area contributed by atoms with Gasteiger partial charge in [0.2, 0.25) is 0 Å². The second kappa shape index (κ2) is 12.1. The van der Waals surface area contributed by atoms with Crippen molar-refractivity contribution < 1.29 is 16.8 Å². The second-order valence-electron chi connectivity index (χ2n) is 9.28. The first-order chi connectivity index (χ1) is 20.4. The van der Waals surface area contributed by atoms with Gasteiger partial charge in [-0.25, -0.2) is 16.8 Å². The van der Waals surface area contributed by atoms with E-state index in [-0.39, 0.29) is 24.9 Å². The van der Waals surface area contributed by atoms with Crippen LogP contribution >= 0.6 is 34.8 Å². The van der Waals surface area contributed by atoms with E-state index in [1.54, 1.807) is 70.3 Å². The lowest BCUT2D eigenvalue weighted by atomic mass is 10.2. The van der Waals surface area contributed by atoms with Gasteiger partial charge in [-0.05, 0) is 60.7 Å². The fraction of sp³-hybridized carbons (Fsp3) is 0.0714. The molecule has 0 aliphatic carbocycles. The van der Waals surface area contributed by atoms with Crippen LogP contribution in [0.2, 0.25) is 15.1 Å². The number of fused-ring (bicyclic) bond motifs is 2. The molecule has 6 aromatic rings. The standard InChI is InChI=1S/C14H11Cl2N3O2S.C14H12ClN3O2S/c1-19-12-6-5-10(7-9(12)8-17-19)18-22(20,21)13-4-2-3-11(15)14(13)16;1-18-13-7-6-11(8-10(13)9-16-18)17-21(19,20)14-5-3-2-4-12(14)15/h2-8,18H,1H3;2-9,17H,1H3. The molecule has 0 atom stereocenters. The quantitative estimate of drug-likeness (QED) is 0.202. The van der Waals surface area contributed by atoms with Crippen LogP contribution in [-0.2, 0) is 34.1 Å². The molecule has 2 heterocycles. The highest BCUT2D eigenvalue weighted by Gasteiger charge is 2.20. The van der Waals surface area contributed by atoms with Crippen LogP contribution in [0.1, 0.15) is 0 Å². The van der Waals surface area contributed by atoms with E-state index >= 15 is 0 Å². The minimum Gasteiger partial charge on any atom is -0.280 e. The summed E-state index contributed by atoms with van der Waals surface area (Å²) in [6, 6.07) is 21.2. The molecule has 0 saturated heterocycles. The van der Waals surface area contributed by atoms with Crippen LogP contribution in [0.15, 0.2) is 101 Å². The molecule has 2 aromatic heterocycles. The number of hydrogen-bond donors (Lipinski definition) is 2. The number of hydrogen-bond acceptors (Lipinski definition) is 6.